The van der Waals surface area contributed by atoms with Gasteiger partial charge in [-0.15, -0.1) is 0 Å². The number of hydrogen-bond acceptors (Lipinski definition) is 1. The van der Waals surface area contributed by atoms with Gasteiger partial charge < -0.3 is 5.73 Å². The van der Waals surface area contributed by atoms with Crippen molar-refractivity contribution in [3.05, 3.63) is 35.4 Å². The third kappa shape index (κ3) is 4.57. The molecule has 1 saturated carbocycles. The van der Waals surface area contributed by atoms with E-state index in [9.17, 15) is 0 Å². The highest BCUT2D eigenvalue weighted by Crippen LogP contribution is 2.34. The van der Waals surface area contributed by atoms with Crippen molar-refractivity contribution >= 4 is 0 Å². The zero-order valence-electron chi connectivity index (χ0n) is 14.0. The second-order valence-corrected chi connectivity index (χ2v) is 6.86. The van der Waals surface area contributed by atoms with Gasteiger partial charge in [0.15, 0.2) is 0 Å². The Balaban J connectivity index is 2.02. The predicted molar refractivity (Wildman–Crippen MR) is 92.5 cm³/mol. The predicted octanol–water partition coefficient (Wildman–Crippen LogP) is 5.95. The van der Waals surface area contributed by atoms with E-state index >= 15 is 0 Å². The van der Waals surface area contributed by atoms with Gasteiger partial charge in [-0.25, -0.2) is 0 Å². The first-order valence-electron chi connectivity index (χ1n) is 9.11. The van der Waals surface area contributed by atoms with Crippen LogP contribution in [0.1, 0.15) is 94.7 Å². The minimum Gasteiger partial charge on any atom is -0.324 e. The molecule has 0 heterocycles. The van der Waals surface area contributed by atoms with Gasteiger partial charge in [-0.3, -0.25) is 0 Å². The second kappa shape index (κ2) is 8.58. The lowest BCUT2D eigenvalue weighted by Gasteiger charge is -2.25. The van der Waals surface area contributed by atoms with Gasteiger partial charge in [0.05, 0.1) is 0 Å². The Morgan fingerprint density at radius 3 is 2.05 bits per heavy atom. The normalized spacial score (nSPS) is 18.1. The SMILES string of the molecule is CCCC(CCC)C(N)c1ccc(C2CCCCC2)cc1. The van der Waals surface area contributed by atoms with Crippen LogP contribution in [0.2, 0.25) is 0 Å². The molecule has 118 valence electrons. The smallest absolute Gasteiger partial charge is 0.0323 e. The summed E-state index contributed by atoms with van der Waals surface area (Å²) in [7, 11) is 0. The highest BCUT2D eigenvalue weighted by molar-refractivity contribution is 5.28. The maximum atomic E-state index is 6.54. The summed E-state index contributed by atoms with van der Waals surface area (Å²) in [5.74, 6) is 1.44. The van der Waals surface area contributed by atoms with Crippen molar-refractivity contribution in [1.29, 1.82) is 0 Å². The average Bonchev–Trinajstić information content (AvgIpc) is 2.55. The molecule has 0 radical (unpaired) electrons. The largest absolute Gasteiger partial charge is 0.324 e. The van der Waals surface area contributed by atoms with Crippen molar-refractivity contribution in [2.45, 2.75) is 83.6 Å². The lowest BCUT2D eigenvalue weighted by atomic mass is 9.82. The Morgan fingerprint density at radius 1 is 0.952 bits per heavy atom. The van der Waals surface area contributed by atoms with Crippen LogP contribution in [-0.2, 0) is 0 Å². The summed E-state index contributed by atoms with van der Waals surface area (Å²) < 4.78 is 0. The van der Waals surface area contributed by atoms with Crippen molar-refractivity contribution < 1.29 is 0 Å². The summed E-state index contributed by atoms with van der Waals surface area (Å²) in [6.45, 7) is 4.53. The van der Waals surface area contributed by atoms with Crippen LogP contribution in [0, 0.1) is 5.92 Å². The molecule has 1 aliphatic carbocycles. The summed E-state index contributed by atoms with van der Waals surface area (Å²) in [5.41, 5.74) is 9.41. The molecule has 0 bridgehead atoms. The fourth-order valence-corrected chi connectivity index (χ4v) is 3.94. The standard InChI is InChI=1S/C20H33N/c1-3-8-18(9-4-2)20(21)19-14-12-17(13-15-19)16-10-6-5-7-11-16/h12-16,18,20H,3-11,21H2,1-2H3. The van der Waals surface area contributed by atoms with E-state index in [1.165, 1.54) is 68.9 Å². The molecule has 1 nitrogen and oxygen atoms in total. The summed E-state index contributed by atoms with van der Waals surface area (Å²) in [6, 6.07) is 9.51. The maximum Gasteiger partial charge on any atom is 0.0323 e. The molecule has 0 saturated heterocycles. The van der Waals surface area contributed by atoms with Gasteiger partial charge in [0.1, 0.15) is 0 Å². The van der Waals surface area contributed by atoms with Crippen LogP contribution >= 0.6 is 0 Å². The van der Waals surface area contributed by atoms with Gasteiger partial charge in [0, 0.05) is 6.04 Å². The summed E-state index contributed by atoms with van der Waals surface area (Å²) >= 11 is 0. The van der Waals surface area contributed by atoms with Crippen molar-refractivity contribution in [2.24, 2.45) is 11.7 Å². The topological polar surface area (TPSA) is 26.0 Å². The number of rotatable bonds is 7. The molecular weight excluding hydrogens is 254 g/mol. The molecular formula is C20H33N. The van der Waals surface area contributed by atoms with Crippen LogP contribution in [0.15, 0.2) is 24.3 Å². The zero-order valence-corrected chi connectivity index (χ0v) is 14.0. The van der Waals surface area contributed by atoms with E-state index in [1.807, 2.05) is 0 Å². The van der Waals surface area contributed by atoms with Gasteiger partial charge >= 0.3 is 0 Å². The van der Waals surface area contributed by atoms with E-state index in [1.54, 1.807) is 0 Å². The van der Waals surface area contributed by atoms with E-state index in [-0.39, 0.29) is 6.04 Å². The summed E-state index contributed by atoms with van der Waals surface area (Å²) in [5, 5.41) is 0. The Hall–Kier alpha value is -0.820. The van der Waals surface area contributed by atoms with E-state index in [2.05, 4.69) is 38.1 Å². The Labute approximate surface area is 131 Å². The lowest BCUT2D eigenvalue weighted by Crippen LogP contribution is -2.21. The van der Waals surface area contributed by atoms with Gasteiger partial charge in [-0.1, -0.05) is 70.2 Å². The van der Waals surface area contributed by atoms with Crippen molar-refractivity contribution in [1.82, 2.24) is 0 Å². The lowest BCUT2D eigenvalue weighted by molar-refractivity contribution is 0.368. The van der Waals surface area contributed by atoms with Crippen LogP contribution in [0.3, 0.4) is 0 Å². The van der Waals surface area contributed by atoms with Crippen molar-refractivity contribution in [2.75, 3.05) is 0 Å². The van der Waals surface area contributed by atoms with Gasteiger partial charge in [-0.2, -0.15) is 0 Å². The molecule has 1 aliphatic rings. The molecule has 1 atom stereocenters. The Kier molecular flexibility index (Phi) is 6.76. The van der Waals surface area contributed by atoms with E-state index in [0.29, 0.717) is 5.92 Å². The third-order valence-corrected chi connectivity index (χ3v) is 5.22. The summed E-state index contributed by atoms with van der Waals surface area (Å²) in [6.07, 6.45) is 12.0. The summed E-state index contributed by atoms with van der Waals surface area (Å²) in [4.78, 5) is 0. The van der Waals surface area contributed by atoms with Crippen molar-refractivity contribution in [3.63, 3.8) is 0 Å². The monoisotopic (exact) mass is 287 g/mol. The fourth-order valence-electron chi connectivity index (χ4n) is 3.94. The quantitative estimate of drug-likeness (QED) is 0.658. The molecule has 1 aromatic rings. The zero-order chi connectivity index (χ0) is 15.1. The highest BCUT2D eigenvalue weighted by atomic mass is 14.6. The van der Waals surface area contributed by atoms with Crippen molar-refractivity contribution in [3.8, 4) is 0 Å². The molecule has 0 spiro atoms. The average molecular weight is 287 g/mol. The molecule has 2 rings (SSSR count). The highest BCUT2D eigenvalue weighted by Gasteiger charge is 2.19. The van der Waals surface area contributed by atoms with E-state index < -0.39 is 0 Å². The van der Waals surface area contributed by atoms with Crippen LogP contribution in [0.5, 0.6) is 0 Å². The Morgan fingerprint density at radius 2 is 1.52 bits per heavy atom. The molecule has 21 heavy (non-hydrogen) atoms. The van der Waals surface area contributed by atoms with Crippen LogP contribution in [-0.4, -0.2) is 0 Å². The van der Waals surface area contributed by atoms with Gasteiger partial charge in [0.2, 0.25) is 0 Å². The molecule has 1 aromatic carbocycles. The molecule has 1 fully saturated rings. The molecule has 2 N–H and O–H groups in total. The van der Waals surface area contributed by atoms with E-state index in [0.717, 1.165) is 5.92 Å². The third-order valence-electron chi connectivity index (χ3n) is 5.22. The Bertz CT molecular complexity index is 383. The van der Waals surface area contributed by atoms with Crippen LogP contribution in [0.4, 0.5) is 0 Å². The minimum atomic E-state index is 0.213. The number of benzene rings is 1. The molecule has 0 aliphatic heterocycles. The molecule has 0 aromatic heterocycles. The molecule has 0 amide bonds. The fraction of sp³-hybridized carbons (Fsp3) is 0.700. The minimum absolute atomic E-state index is 0.213. The van der Waals surface area contributed by atoms with E-state index in [4.69, 9.17) is 5.73 Å². The number of hydrogen-bond donors (Lipinski definition) is 1. The second-order valence-electron chi connectivity index (χ2n) is 6.86. The number of nitrogens with two attached hydrogens (primary N) is 1. The first-order chi connectivity index (χ1) is 10.3. The van der Waals surface area contributed by atoms with Gasteiger partial charge in [-0.05, 0) is 48.6 Å². The molecule has 1 unspecified atom stereocenters. The van der Waals surface area contributed by atoms with Gasteiger partial charge in [0.25, 0.3) is 0 Å². The first kappa shape index (κ1) is 16.5. The molecule has 1 heteroatoms. The van der Waals surface area contributed by atoms with Crippen LogP contribution < -0.4 is 5.73 Å². The first-order valence-corrected chi connectivity index (χ1v) is 9.11. The van der Waals surface area contributed by atoms with Crippen LogP contribution in [0.25, 0.3) is 0 Å². The maximum absolute atomic E-state index is 6.54.